The molecule has 1 unspecified atom stereocenters. The van der Waals surface area contributed by atoms with E-state index in [9.17, 15) is 19.7 Å². The first kappa shape index (κ1) is 21.8. The molecule has 3 aromatic rings. The molecule has 0 spiro atoms. The lowest BCUT2D eigenvalue weighted by atomic mass is 10.0. The normalized spacial score (nSPS) is 11.6. The second kappa shape index (κ2) is 8.83. The lowest BCUT2D eigenvalue weighted by Crippen LogP contribution is -2.30. The molecule has 8 nitrogen and oxygen atoms in total. The van der Waals surface area contributed by atoms with Crippen LogP contribution in [0.4, 0.5) is 11.4 Å². The Kier molecular flexibility index (Phi) is 6.20. The van der Waals surface area contributed by atoms with Crippen LogP contribution >= 0.6 is 0 Å². The van der Waals surface area contributed by atoms with E-state index in [1.54, 1.807) is 6.07 Å². The summed E-state index contributed by atoms with van der Waals surface area (Å²) in [5.41, 5.74) is 4.15. The quantitative estimate of drug-likeness (QED) is 0.341. The van der Waals surface area contributed by atoms with Crippen molar-refractivity contribution in [1.82, 2.24) is 0 Å². The molecule has 0 aliphatic heterocycles. The molecule has 0 saturated carbocycles. The van der Waals surface area contributed by atoms with Crippen LogP contribution in [0.2, 0.25) is 0 Å². The molecule has 0 aliphatic carbocycles. The third-order valence-corrected chi connectivity index (χ3v) is 4.75. The molecule has 3 rings (SSSR count). The lowest BCUT2D eigenvalue weighted by molar-refractivity contribution is -0.384. The largest absolute Gasteiger partial charge is 0.449 e. The van der Waals surface area contributed by atoms with Gasteiger partial charge < -0.3 is 14.5 Å². The van der Waals surface area contributed by atoms with Crippen LogP contribution in [0.5, 0.6) is 0 Å². The van der Waals surface area contributed by atoms with Crippen LogP contribution in [-0.4, -0.2) is 22.9 Å². The number of anilines is 1. The highest BCUT2D eigenvalue weighted by Gasteiger charge is 2.22. The first-order chi connectivity index (χ1) is 14.7. The monoisotopic (exact) mass is 422 g/mol. The van der Waals surface area contributed by atoms with E-state index in [-0.39, 0.29) is 11.4 Å². The number of amides is 1. The number of nitrogens with zero attached hydrogens (tertiary/aromatic N) is 1. The van der Waals surface area contributed by atoms with Crippen molar-refractivity contribution < 1.29 is 23.7 Å². The number of rotatable bonds is 6. The molecule has 0 radical (unpaired) electrons. The van der Waals surface area contributed by atoms with Crippen molar-refractivity contribution in [1.29, 1.82) is 0 Å². The first-order valence-electron chi connectivity index (χ1n) is 9.60. The summed E-state index contributed by atoms with van der Waals surface area (Å²) >= 11 is 0. The fourth-order valence-corrected chi connectivity index (χ4v) is 3.22. The second-order valence-corrected chi connectivity index (χ2v) is 7.28. The average molecular weight is 422 g/mol. The summed E-state index contributed by atoms with van der Waals surface area (Å²) in [4.78, 5) is 35.2. The number of furan rings is 1. The van der Waals surface area contributed by atoms with Crippen molar-refractivity contribution >= 4 is 23.3 Å². The number of hydrogen-bond donors (Lipinski definition) is 1. The number of carbonyl (C=O) groups excluding carboxylic acids is 2. The SMILES string of the molecule is Cc1cc(C)c(NC(=O)C(C)OC(=O)c2ccc(-c3ccc([N+](=O)[O-])cc3)o2)c(C)c1. The summed E-state index contributed by atoms with van der Waals surface area (Å²) in [6.07, 6.45) is -1.04. The zero-order chi connectivity index (χ0) is 22.7. The van der Waals surface area contributed by atoms with Gasteiger partial charge in [0.25, 0.3) is 11.6 Å². The number of nitro benzene ring substituents is 1. The maximum atomic E-state index is 12.5. The number of aryl methyl sites for hydroxylation is 3. The van der Waals surface area contributed by atoms with Gasteiger partial charge in [-0.2, -0.15) is 0 Å². The standard InChI is InChI=1S/C23H22N2O6/c1-13-11-14(2)21(15(3)12-13)24-22(26)16(4)30-23(27)20-10-9-19(31-20)17-5-7-18(8-6-17)25(28)29/h5-12,16H,1-4H3,(H,24,26). The number of non-ortho nitro benzene ring substituents is 1. The summed E-state index contributed by atoms with van der Waals surface area (Å²) in [5.74, 6) is -0.959. The minimum Gasteiger partial charge on any atom is -0.449 e. The van der Waals surface area contributed by atoms with Gasteiger partial charge in [-0.05, 0) is 63.1 Å². The van der Waals surface area contributed by atoms with Gasteiger partial charge in [0.2, 0.25) is 5.76 Å². The predicted molar refractivity (Wildman–Crippen MR) is 115 cm³/mol. The molecular weight excluding hydrogens is 400 g/mol. The number of nitrogens with one attached hydrogen (secondary N) is 1. The summed E-state index contributed by atoms with van der Waals surface area (Å²) in [6.45, 7) is 7.25. The van der Waals surface area contributed by atoms with E-state index in [4.69, 9.17) is 9.15 Å². The second-order valence-electron chi connectivity index (χ2n) is 7.28. The first-order valence-corrected chi connectivity index (χ1v) is 9.60. The van der Waals surface area contributed by atoms with Crippen LogP contribution in [0, 0.1) is 30.9 Å². The van der Waals surface area contributed by atoms with Crippen molar-refractivity contribution in [2.24, 2.45) is 0 Å². The number of ether oxygens (including phenoxy) is 1. The van der Waals surface area contributed by atoms with Crippen molar-refractivity contribution in [2.45, 2.75) is 33.8 Å². The molecule has 1 aromatic heterocycles. The van der Waals surface area contributed by atoms with E-state index in [0.29, 0.717) is 17.0 Å². The molecule has 160 valence electrons. The van der Waals surface area contributed by atoms with Gasteiger partial charge >= 0.3 is 5.97 Å². The van der Waals surface area contributed by atoms with Crippen LogP contribution < -0.4 is 5.32 Å². The zero-order valence-corrected chi connectivity index (χ0v) is 17.6. The molecule has 1 heterocycles. The average Bonchev–Trinajstić information content (AvgIpc) is 3.21. The third-order valence-electron chi connectivity index (χ3n) is 4.75. The number of hydrogen-bond acceptors (Lipinski definition) is 6. The highest BCUT2D eigenvalue weighted by molar-refractivity contribution is 5.97. The molecule has 0 fully saturated rings. The van der Waals surface area contributed by atoms with Gasteiger partial charge in [0.05, 0.1) is 4.92 Å². The summed E-state index contributed by atoms with van der Waals surface area (Å²) in [6, 6.07) is 12.6. The smallest absolute Gasteiger partial charge is 0.375 e. The van der Waals surface area contributed by atoms with E-state index in [1.807, 2.05) is 32.9 Å². The number of carbonyl (C=O) groups is 2. The van der Waals surface area contributed by atoms with E-state index in [1.165, 1.54) is 37.3 Å². The Balaban J connectivity index is 1.66. The molecule has 0 bridgehead atoms. The molecule has 31 heavy (non-hydrogen) atoms. The zero-order valence-electron chi connectivity index (χ0n) is 17.6. The molecule has 1 amide bonds. The van der Waals surface area contributed by atoms with Crippen LogP contribution in [0.1, 0.15) is 34.2 Å². The summed E-state index contributed by atoms with van der Waals surface area (Å²) in [7, 11) is 0. The molecule has 1 N–H and O–H groups in total. The Labute approximate surface area is 179 Å². The van der Waals surface area contributed by atoms with Crippen molar-refractivity contribution in [3.63, 3.8) is 0 Å². The van der Waals surface area contributed by atoms with Gasteiger partial charge in [0, 0.05) is 23.4 Å². The Morgan fingerprint density at radius 3 is 2.23 bits per heavy atom. The molecule has 8 heteroatoms. The highest BCUT2D eigenvalue weighted by Crippen LogP contribution is 2.25. The van der Waals surface area contributed by atoms with Gasteiger partial charge in [-0.25, -0.2) is 4.79 Å². The Bertz CT molecular complexity index is 1120. The van der Waals surface area contributed by atoms with E-state index in [2.05, 4.69) is 5.32 Å². The van der Waals surface area contributed by atoms with Crippen molar-refractivity contribution in [3.8, 4) is 11.3 Å². The van der Waals surface area contributed by atoms with Crippen LogP contribution in [0.15, 0.2) is 52.9 Å². The maximum absolute atomic E-state index is 12.5. The number of esters is 1. The third kappa shape index (κ3) is 4.98. The highest BCUT2D eigenvalue weighted by atomic mass is 16.6. The molecule has 1 atom stereocenters. The molecular formula is C23H22N2O6. The Morgan fingerprint density at radius 1 is 1.03 bits per heavy atom. The minimum absolute atomic E-state index is 0.0474. The van der Waals surface area contributed by atoms with Gasteiger partial charge in [0.15, 0.2) is 6.10 Å². The molecule has 0 saturated heterocycles. The number of benzene rings is 2. The van der Waals surface area contributed by atoms with Gasteiger partial charge in [-0.3, -0.25) is 14.9 Å². The summed E-state index contributed by atoms with van der Waals surface area (Å²) < 4.78 is 10.7. The molecule has 0 aliphatic rings. The van der Waals surface area contributed by atoms with Crippen molar-refractivity contribution in [3.05, 3.63) is 81.1 Å². The fraction of sp³-hybridized carbons (Fsp3) is 0.217. The number of nitro groups is 1. The Morgan fingerprint density at radius 2 is 1.65 bits per heavy atom. The van der Waals surface area contributed by atoms with Gasteiger partial charge in [0.1, 0.15) is 5.76 Å². The van der Waals surface area contributed by atoms with E-state index < -0.39 is 22.9 Å². The van der Waals surface area contributed by atoms with Crippen LogP contribution in [0.25, 0.3) is 11.3 Å². The van der Waals surface area contributed by atoms with E-state index in [0.717, 1.165) is 16.7 Å². The topological polar surface area (TPSA) is 112 Å². The minimum atomic E-state index is -1.04. The summed E-state index contributed by atoms with van der Waals surface area (Å²) in [5, 5.41) is 13.6. The van der Waals surface area contributed by atoms with Gasteiger partial charge in [-0.15, -0.1) is 0 Å². The lowest BCUT2D eigenvalue weighted by Gasteiger charge is -2.16. The fourth-order valence-electron chi connectivity index (χ4n) is 3.22. The van der Waals surface area contributed by atoms with Gasteiger partial charge in [-0.1, -0.05) is 17.7 Å². The van der Waals surface area contributed by atoms with Crippen molar-refractivity contribution in [2.75, 3.05) is 5.32 Å². The molecule has 2 aromatic carbocycles. The predicted octanol–water partition coefficient (Wildman–Crippen LogP) is 4.96. The maximum Gasteiger partial charge on any atom is 0.375 e. The van der Waals surface area contributed by atoms with Crippen LogP contribution in [-0.2, 0) is 9.53 Å². The Hall–Kier alpha value is -3.94. The van der Waals surface area contributed by atoms with Crippen LogP contribution in [0.3, 0.4) is 0 Å². The van der Waals surface area contributed by atoms with E-state index >= 15 is 0 Å².